The molecule has 0 aromatic heterocycles. The summed E-state index contributed by atoms with van der Waals surface area (Å²) >= 11 is 0. The molecule has 1 atom stereocenters. The van der Waals surface area contributed by atoms with Crippen molar-refractivity contribution in [2.45, 2.75) is 71.8 Å². The minimum atomic E-state index is -0.233. The van der Waals surface area contributed by atoms with Crippen molar-refractivity contribution in [3.63, 3.8) is 0 Å². The maximum atomic E-state index is 5.66. The second-order valence-electron chi connectivity index (χ2n) is 7.12. The predicted molar refractivity (Wildman–Crippen MR) is 83.9 cm³/mol. The molecule has 0 heterocycles. The summed E-state index contributed by atoms with van der Waals surface area (Å²) in [7, 11) is 1.78. The van der Waals surface area contributed by atoms with Crippen LogP contribution in [0.1, 0.15) is 77.5 Å². The summed E-state index contributed by atoms with van der Waals surface area (Å²) in [5, 5.41) is 0. The Hall–Kier alpha value is -0.820. The molecule has 0 aliphatic carbocycles. The third-order valence-corrected chi connectivity index (χ3v) is 4.21. The first-order chi connectivity index (χ1) is 8.61. The molecular formula is C18H30O. The second-order valence-corrected chi connectivity index (χ2v) is 7.12. The van der Waals surface area contributed by atoms with Gasteiger partial charge >= 0.3 is 0 Å². The standard InChI is InChI=1S/C18H30O/c1-9-13(2)14-10-15(17(3,4)5)12-16(11-14)18(6,7)19-8/h10-13H,9H2,1-8H3. The number of hydrogen-bond acceptors (Lipinski definition) is 1. The fourth-order valence-electron chi connectivity index (χ4n) is 2.07. The van der Waals surface area contributed by atoms with Gasteiger partial charge in [0.05, 0.1) is 5.60 Å². The number of rotatable bonds is 4. The van der Waals surface area contributed by atoms with Gasteiger partial charge in [0.1, 0.15) is 0 Å². The number of methoxy groups -OCH3 is 1. The fraction of sp³-hybridized carbons (Fsp3) is 0.667. The van der Waals surface area contributed by atoms with Crippen LogP contribution in [0.25, 0.3) is 0 Å². The molecule has 0 radical (unpaired) electrons. The first kappa shape index (κ1) is 16.2. The minimum Gasteiger partial charge on any atom is -0.374 e. The zero-order valence-electron chi connectivity index (χ0n) is 13.9. The summed E-state index contributed by atoms with van der Waals surface area (Å²) in [6.45, 7) is 15.6. The molecule has 1 aromatic rings. The molecule has 0 saturated heterocycles. The van der Waals surface area contributed by atoms with Crippen molar-refractivity contribution in [1.29, 1.82) is 0 Å². The highest BCUT2D eigenvalue weighted by molar-refractivity contribution is 5.38. The van der Waals surface area contributed by atoms with Crippen LogP contribution in [0.5, 0.6) is 0 Å². The van der Waals surface area contributed by atoms with E-state index in [2.05, 4.69) is 66.7 Å². The highest BCUT2D eigenvalue weighted by Gasteiger charge is 2.24. The summed E-state index contributed by atoms with van der Waals surface area (Å²) in [5.74, 6) is 0.591. The summed E-state index contributed by atoms with van der Waals surface area (Å²) < 4.78 is 5.66. The minimum absolute atomic E-state index is 0.169. The Morgan fingerprint density at radius 3 is 1.95 bits per heavy atom. The summed E-state index contributed by atoms with van der Waals surface area (Å²) in [6, 6.07) is 6.98. The largest absolute Gasteiger partial charge is 0.374 e. The number of benzene rings is 1. The molecule has 1 nitrogen and oxygen atoms in total. The van der Waals surface area contributed by atoms with Crippen molar-refractivity contribution in [2.24, 2.45) is 0 Å². The third-order valence-electron chi connectivity index (χ3n) is 4.21. The molecule has 0 saturated carbocycles. The lowest BCUT2D eigenvalue weighted by atomic mass is 9.81. The van der Waals surface area contributed by atoms with Gasteiger partial charge in [-0.1, -0.05) is 52.8 Å². The van der Waals surface area contributed by atoms with Gasteiger partial charge in [0.2, 0.25) is 0 Å². The van der Waals surface area contributed by atoms with Crippen LogP contribution in [-0.4, -0.2) is 7.11 Å². The molecule has 0 fully saturated rings. The van der Waals surface area contributed by atoms with E-state index in [1.807, 2.05) is 0 Å². The molecule has 1 heteroatoms. The number of hydrogen-bond donors (Lipinski definition) is 0. The molecule has 0 amide bonds. The van der Waals surface area contributed by atoms with Crippen molar-refractivity contribution in [3.05, 3.63) is 34.9 Å². The van der Waals surface area contributed by atoms with Crippen LogP contribution in [-0.2, 0) is 15.8 Å². The Bertz CT molecular complexity index is 424. The van der Waals surface area contributed by atoms with Crippen molar-refractivity contribution < 1.29 is 4.74 Å². The van der Waals surface area contributed by atoms with Crippen molar-refractivity contribution in [2.75, 3.05) is 7.11 Å². The van der Waals surface area contributed by atoms with Gasteiger partial charge in [-0.15, -0.1) is 0 Å². The zero-order chi connectivity index (χ0) is 14.8. The molecule has 0 spiro atoms. The topological polar surface area (TPSA) is 9.23 Å². The molecule has 0 N–H and O–H groups in total. The Labute approximate surface area is 119 Å². The molecule has 1 aromatic carbocycles. The molecule has 108 valence electrons. The molecule has 1 unspecified atom stereocenters. The molecule has 0 aliphatic rings. The van der Waals surface area contributed by atoms with E-state index >= 15 is 0 Å². The van der Waals surface area contributed by atoms with E-state index in [4.69, 9.17) is 4.74 Å². The summed E-state index contributed by atoms with van der Waals surface area (Å²) in [6.07, 6.45) is 1.17. The van der Waals surface area contributed by atoms with Crippen LogP contribution in [0.3, 0.4) is 0 Å². The molecule has 19 heavy (non-hydrogen) atoms. The maximum Gasteiger partial charge on any atom is 0.0871 e. The van der Waals surface area contributed by atoms with Gasteiger partial charge in [0.25, 0.3) is 0 Å². The second kappa shape index (κ2) is 5.66. The zero-order valence-corrected chi connectivity index (χ0v) is 13.9. The maximum absolute atomic E-state index is 5.66. The monoisotopic (exact) mass is 262 g/mol. The van der Waals surface area contributed by atoms with Gasteiger partial charge < -0.3 is 4.74 Å². The fourth-order valence-corrected chi connectivity index (χ4v) is 2.07. The SMILES string of the molecule is CCC(C)c1cc(C(C)(C)C)cc(C(C)(C)OC)c1. The van der Waals surface area contributed by atoms with E-state index in [1.54, 1.807) is 7.11 Å². The number of ether oxygens (including phenoxy) is 1. The van der Waals surface area contributed by atoms with Crippen LogP contribution in [0.15, 0.2) is 18.2 Å². The van der Waals surface area contributed by atoms with Crippen molar-refractivity contribution in [1.82, 2.24) is 0 Å². The molecule has 1 rings (SSSR count). The highest BCUT2D eigenvalue weighted by Crippen LogP contribution is 2.33. The van der Waals surface area contributed by atoms with E-state index in [-0.39, 0.29) is 11.0 Å². The molecule has 0 aliphatic heterocycles. The van der Waals surface area contributed by atoms with Gasteiger partial charge in [-0.05, 0) is 48.3 Å². The Kier molecular flexibility index (Phi) is 4.84. The summed E-state index contributed by atoms with van der Waals surface area (Å²) in [5.41, 5.74) is 4.03. The Balaban J connectivity index is 3.41. The van der Waals surface area contributed by atoms with Gasteiger partial charge in [-0.3, -0.25) is 0 Å². The molecular weight excluding hydrogens is 232 g/mol. The van der Waals surface area contributed by atoms with Crippen LogP contribution in [0.4, 0.5) is 0 Å². The average molecular weight is 262 g/mol. The smallest absolute Gasteiger partial charge is 0.0871 e. The lowest BCUT2D eigenvalue weighted by molar-refractivity contribution is 0.0190. The first-order valence-corrected chi connectivity index (χ1v) is 7.33. The van der Waals surface area contributed by atoms with E-state index in [0.717, 1.165) is 0 Å². The highest BCUT2D eigenvalue weighted by atomic mass is 16.5. The van der Waals surface area contributed by atoms with Crippen LogP contribution >= 0.6 is 0 Å². The van der Waals surface area contributed by atoms with Crippen LogP contribution in [0, 0.1) is 0 Å². The Morgan fingerprint density at radius 1 is 1.00 bits per heavy atom. The van der Waals surface area contributed by atoms with Crippen molar-refractivity contribution in [3.8, 4) is 0 Å². The predicted octanol–water partition coefficient (Wildman–Crippen LogP) is 5.38. The van der Waals surface area contributed by atoms with E-state index < -0.39 is 0 Å². The molecule has 0 bridgehead atoms. The van der Waals surface area contributed by atoms with Crippen LogP contribution in [0.2, 0.25) is 0 Å². The normalized spacial score (nSPS) is 14.5. The Morgan fingerprint density at radius 2 is 1.53 bits per heavy atom. The van der Waals surface area contributed by atoms with Gasteiger partial charge in [0.15, 0.2) is 0 Å². The van der Waals surface area contributed by atoms with E-state index in [1.165, 1.54) is 23.1 Å². The average Bonchev–Trinajstić information content (AvgIpc) is 2.36. The van der Waals surface area contributed by atoms with Crippen LogP contribution < -0.4 is 0 Å². The van der Waals surface area contributed by atoms with Gasteiger partial charge in [0, 0.05) is 7.11 Å². The van der Waals surface area contributed by atoms with Gasteiger partial charge in [-0.2, -0.15) is 0 Å². The van der Waals surface area contributed by atoms with Crippen molar-refractivity contribution >= 4 is 0 Å². The third kappa shape index (κ3) is 3.82. The lowest BCUT2D eigenvalue weighted by Crippen LogP contribution is -2.22. The van der Waals surface area contributed by atoms with Gasteiger partial charge in [-0.25, -0.2) is 0 Å². The van der Waals surface area contributed by atoms with E-state index in [9.17, 15) is 0 Å². The quantitative estimate of drug-likeness (QED) is 0.708. The summed E-state index contributed by atoms with van der Waals surface area (Å²) in [4.78, 5) is 0. The first-order valence-electron chi connectivity index (χ1n) is 7.33. The lowest BCUT2D eigenvalue weighted by Gasteiger charge is -2.29. The van der Waals surface area contributed by atoms with E-state index in [0.29, 0.717) is 5.92 Å².